The van der Waals surface area contributed by atoms with Gasteiger partial charge in [-0.3, -0.25) is 0 Å². The third kappa shape index (κ3) is 3.92. The number of benzene rings is 2. The van der Waals surface area contributed by atoms with E-state index in [-0.39, 0.29) is 6.61 Å². The molecule has 142 valence electrons. The molecule has 0 spiro atoms. The molecule has 0 saturated heterocycles. The van der Waals surface area contributed by atoms with Gasteiger partial charge in [-0.2, -0.15) is 0 Å². The summed E-state index contributed by atoms with van der Waals surface area (Å²) in [6, 6.07) is 17.4. The van der Waals surface area contributed by atoms with Crippen LogP contribution in [0.2, 0.25) is 5.15 Å². The molecule has 28 heavy (non-hydrogen) atoms. The average Bonchev–Trinajstić information content (AvgIpc) is 3.15. The number of amides is 1. The van der Waals surface area contributed by atoms with Gasteiger partial charge in [-0.05, 0) is 18.1 Å². The first-order valence-electron chi connectivity index (χ1n) is 9.06. The molecule has 0 aliphatic heterocycles. The smallest absolute Gasteiger partial charge is 0.407 e. The molecule has 0 aliphatic rings. The zero-order valence-corrected chi connectivity index (χ0v) is 15.9. The van der Waals surface area contributed by atoms with E-state index in [2.05, 4.69) is 15.3 Å². The van der Waals surface area contributed by atoms with E-state index in [1.54, 1.807) is 6.33 Å². The SMILES string of the molecule is O=C(NCCCn1cnc2c(Cl)nc3ccccc3c21)OCc1ccccc1. The lowest BCUT2D eigenvalue weighted by Gasteiger charge is -2.09. The molecule has 2 aromatic heterocycles. The fourth-order valence-electron chi connectivity index (χ4n) is 3.13. The van der Waals surface area contributed by atoms with E-state index in [1.165, 1.54) is 0 Å². The number of carbonyl (C=O) groups excluding carboxylic acids is 1. The fourth-order valence-corrected chi connectivity index (χ4v) is 3.36. The fraction of sp³-hybridized carbons (Fsp3) is 0.190. The lowest BCUT2D eigenvalue weighted by molar-refractivity contribution is 0.139. The van der Waals surface area contributed by atoms with Crippen LogP contribution >= 0.6 is 11.6 Å². The van der Waals surface area contributed by atoms with Crippen molar-refractivity contribution in [2.75, 3.05) is 6.54 Å². The van der Waals surface area contributed by atoms with Crippen LogP contribution in [0.1, 0.15) is 12.0 Å². The second-order valence-electron chi connectivity index (χ2n) is 6.40. The molecule has 0 fully saturated rings. The molecule has 6 nitrogen and oxygen atoms in total. The predicted molar refractivity (Wildman–Crippen MR) is 109 cm³/mol. The number of carbonyl (C=O) groups is 1. The van der Waals surface area contributed by atoms with Gasteiger partial charge < -0.3 is 14.6 Å². The first-order chi connectivity index (χ1) is 13.7. The highest BCUT2D eigenvalue weighted by molar-refractivity contribution is 6.35. The van der Waals surface area contributed by atoms with Crippen LogP contribution in [0.15, 0.2) is 60.9 Å². The number of aromatic nitrogens is 3. The number of hydrogen-bond donors (Lipinski definition) is 1. The van der Waals surface area contributed by atoms with Gasteiger partial charge >= 0.3 is 6.09 Å². The first kappa shape index (κ1) is 18.3. The molecule has 4 rings (SSSR count). The number of pyridine rings is 1. The van der Waals surface area contributed by atoms with E-state index >= 15 is 0 Å². The second kappa shape index (κ2) is 8.27. The first-order valence-corrected chi connectivity index (χ1v) is 9.44. The number of hydrogen-bond acceptors (Lipinski definition) is 4. The zero-order chi connectivity index (χ0) is 19.3. The van der Waals surface area contributed by atoms with Crippen molar-refractivity contribution >= 4 is 39.6 Å². The Morgan fingerprint density at radius 3 is 2.75 bits per heavy atom. The minimum Gasteiger partial charge on any atom is -0.445 e. The van der Waals surface area contributed by atoms with Crippen LogP contribution in [0, 0.1) is 0 Å². The summed E-state index contributed by atoms with van der Waals surface area (Å²) in [5, 5.41) is 4.19. The van der Waals surface area contributed by atoms with Gasteiger partial charge in [0.2, 0.25) is 0 Å². The van der Waals surface area contributed by atoms with Crippen LogP contribution in [0.4, 0.5) is 4.79 Å². The molecule has 0 atom stereocenters. The van der Waals surface area contributed by atoms with Crippen LogP contribution in [0.3, 0.4) is 0 Å². The largest absolute Gasteiger partial charge is 0.445 e. The monoisotopic (exact) mass is 394 g/mol. The highest BCUT2D eigenvalue weighted by atomic mass is 35.5. The lowest BCUT2D eigenvalue weighted by atomic mass is 10.2. The van der Waals surface area contributed by atoms with Gasteiger partial charge in [0, 0.05) is 18.5 Å². The number of nitrogens with zero attached hydrogens (tertiary/aromatic N) is 3. The summed E-state index contributed by atoms with van der Waals surface area (Å²) < 4.78 is 7.26. The summed E-state index contributed by atoms with van der Waals surface area (Å²) in [6.45, 7) is 1.46. The summed E-state index contributed by atoms with van der Waals surface area (Å²) in [5.74, 6) is 0. The highest BCUT2D eigenvalue weighted by Crippen LogP contribution is 2.28. The second-order valence-corrected chi connectivity index (χ2v) is 6.76. The van der Waals surface area contributed by atoms with Crippen molar-refractivity contribution in [3.05, 3.63) is 71.6 Å². The minimum atomic E-state index is -0.419. The van der Waals surface area contributed by atoms with Crippen molar-refractivity contribution in [1.29, 1.82) is 0 Å². The van der Waals surface area contributed by atoms with Gasteiger partial charge in [0.1, 0.15) is 12.1 Å². The molecule has 2 heterocycles. The van der Waals surface area contributed by atoms with Crippen LogP contribution in [0.25, 0.3) is 21.9 Å². The molecule has 1 amide bonds. The van der Waals surface area contributed by atoms with Crippen molar-refractivity contribution in [2.45, 2.75) is 19.6 Å². The molecule has 0 aliphatic carbocycles. The van der Waals surface area contributed by atoms with Crippen molar-refractivity contribution in [3.8, 4) is 0 Å². The number of imidazole rings is 1. The van der Waals surface area contributed by atoms with Crippen molar-refractivity contribution in [1.82, 2.24) is 19.9 Å². The average molecular weight is 395 g/mol. The predicted octanol–water partition coefficient (Wildman–Crippen LogP) is 4.55. The maximum absolute atomic E-state index is 11.8. The number of alkyl carbamates (subject to hydrolysis) is 1. The Hall–Kier alpha value is -3.12. The Bertz CT molecular complexity index is 1110. The van der Waals surface area contributed by atoms with E-state index in [9.17, 15) is 4.79 Å². The summed E-state index contributed by atoms with van der Waals surface area (Å²) in [7, 11) is 0. The van der Waals surface area contributed by atoms with Gasteiger partial charge in [0.15, 0.2) is 5.15 Å². The molecule has 7 heteroatoms. The Morgan fingerprint density at radius 1 is 1.11 bits per heavy atom. The number of fused-ring (bicyclic) bond motifs is 3. The minimum absolute atomic E-state index is 0.260. The number of aryl methyl sites for hydroxylation is 1. The highest BCUT2D eigenvalue weighted by Gasteiger charge is 2.12. The van der Waals surface area contributed by atoms with Crippen LogP contribution in [-0.2, 0) is 17.9 Å². The standard InChI is InChI=1S/C21H19ClN4O2/c22-20-18-19(16-9-4-5-10-17(16)25-20)26(14-24-18)12-6-11-23-21(27)28-13-15-7-2-1-3-8-15/h1-5,7-10,14H,6,11-13H2,(H,23,27). The lowest BCUT2D eigenvalue weighted by Crippen LogP contribution is -2.25. The summed E-state index contributed by atoms with van der Waals surface area (Å²) in [5.41, 5.74) is 3.45. The number of nitrogens with one attached hydrogen (secondary N) is 1. The van der Waals surface area contributed by atoms with Crippen LogP contribution in [0.5, 0.6) is 0 Å². The van der Waals surface area contributed by atoms with Gasteiger partial charge in [0.25, 0.3) is 0 Å². The maximum Gasteiger partial charge on any atom is 0.407 e. The summed E-state index contributed by atoms with van der Waals surface area (Å²) >= 11 is 6.28. The van der Waals surface area contributed by atoms with Crippen LogP contribution < -0.4 is 5.32 Å². The topological polar surface area (TPSA) is 69.0 Å². The van der Waals surface area contributed by atoms with Crippen molar-refractivity contribution < 1.29 is 9.53 Å². The quantitative estimate of drug-likeness (QED) is 0.384. The van der Waals surface area contributed by atoms with Gasteiger partial charge in [-0.1, -0.05) is 60.1 Å². The molecular formula is C21H19ClN4O2. The number of para-hydroxylation sites is 1. The van der Waals surface area contributed by atoms with Crippen molar-refractivity contribution in [2.24, 2.45) is 0 Å². The normalized spacial score (nSPS) is 11.0. The molecule has 0 bridgehead atoms. The molecular weight excluding hydrogens is 376 g/mol. The Balaban J connectivity index is 1.35. The van der Waals surface area contributed by atoms with Gasteiger partial charge in [0.05, 0.1) is 17.4 Å². The van der Waals surface area contributed by atoms with E-state index in [0.717, 1.165) is 28.4 Å². The Morgan fingerprint density at radius 2 is 1.89 bits per heavy atom. The number of rotatable bonds is 6. The summed E-state index contributed by atoms with van der Waals surface area (Å²) in [6.07, 6.45) is 2.08. The van der Waals surface area contributed by atoms with E-state index < -0.39 is 6.09 Å². The molecule has 0 saturated carbocycles. The van der Waals surface area contributed by atoms with Crippen LogP contribution in [-0.4, -0.2) is 27.2 Å². The maximum atomic E-state index is 11.8. The third-order valence-corrected chi connectivity index (χ3v) is 4.73. The van der Waals surface area contributed by atoms with E-state index in [4.69, 9.17) is 16.3 Å². The molecule has 0 radical (unpaired) electrons. The molecule has 0 unspecified atom stereocenters. The molecule has 4 aromatic rings. The molecule has 2 aromatic carbocycles. The van der Waals surface area contributed by atoms with Gasteiger partial charge in [-0.25, -0.2) is 14.8 Å². The van der Waals surface area contributed by atoms with Crippen molar-refractivity contribution in [3.63, 3.8) is 0 Å². The number of halogens is 1. The number of ether oxygens (including phenoxy) is 1. The third-order valence-electron chi connectivity index (χ3n) is 4.47. The van der Waals surface area contributed by atoms with E-state index in [1.807, 2.05) is 59.2 Å². The van der Waals surface area contributed by atoms with Gasteiger partial charge in [-0.15, -0.1) is 0 Å². The van der Waals surface area contributed by atoms with E-state index in [0.29, 0.717) is 23.8 Å². The zero-order valence-electron chi connectivity index (χ0n) is 15.1. The summed E-state index contributed by atoms with van der Waals surface area (Å²) in [4.78, 5) is 20.6. The molecule has 1 N–H and O–H groups in total. The Kier molecular flexibility index (Phi) is 5.39. The Labute approximate surface area is 167 Å².